The van der Waals surface area contributed by atoms with Gasteiger partial charge in [0.1, 0.15) is 5.56 Å². The zero-order chi connectivity index (χ0) is 22.4. The second-order valence-corrected chi connectivity index (χ2v) is 7.00. The molecule has 2 aromatic carbocycles. The van der Waals surface area contributed by atoms with Crippen LogP contribution in [-0.2, 0) is 0 Å². The molecule has 1 N–H and O–H groups in total. The first-order valence-electron chi connectivity index (χ1n) is 8.52. The van der Waals surface area contributed by atoms with E-state index in [4.69, 9.17) is 14.2 Å². The number of amides is 2. The number of rotatable bonds is 7. The highest BCUT2D eigenvalue weighted by Gasteiger charge is 2.32. The van der Waals surface area contributed by atoms with Crippen LogP contribution in [0.15, 0.2) is 35.2 Å². The van der Waals surface area contributed by atoms with Gasteiger partial charge in [-0.25, -0.2) is 0 Å². The van der Waals surface area contributed by atoms with Gasteiger partial charge in [0.25, 0.3) is 11.1 Å². The fraction of sp³-hybridized carbons (Fsp3) is 0.263. The lowest BCUT2D eigenvalue weighted by molar-refractivity contribution is -0.386. The maximum absolute atomic E-state index is 13.0. The topological polar surface area (TPSA) is 120 Å². The monoisotopic (exact) mass is 435 g/mol. The van der Waals surface area contributed by atoms with E-state index in [9.17, 15) is 19.7 Å². The number of thioether (sulfide) groups is 1. The molecule has 0 heterocycles. The second kappa shape index (κ2) is 9.83. The van der Waals surface area contributed by atoms with Crippen LogP contribution in [0.1, 0.15) is 10.4 Å². The Kier molecular flexibility index (Phi) is 7.48. The minimum atomic E-state index is -0.772. The Morgan fingerprint density at radius 2 is 1.70 bits per heavy atom. The molecular formula is C19H21N3O7S. The first kappa shape index (κ1) is 22.8. The number of hydrogen-bond acceptors (Lipinski definition) is 8. The van der Waals surface area contributed by atoms with Gasteiger partial charge in [0.2, 0.25) is 11.5 Å². The molecule has 0 radical (unpaired) electrons. The van der Waals surface area contributed by atoms with Crippen molar-refractivity contribution in [2.75, 3.05) is 40.7 Å². The third kappa shape index (κ3) is 4.74. The van der Waals surface area contributed by atoms with Crippen molar-refractivity contribution in [3.63, 3.8) is 0 Å². The molecule has 0 aromatic heterocycles. The van der Waals surface area contributed by atoms with Crippen LogP contribution in [-0.4, -0.2) is 56.4 Å². The van der Waals surface area contributed by atoms with Crippen molar-refractivity contribution in [3.05, 3.63) is 46.0 Å². The summed E-state index contributed by atoms with van der Waals surface area (Å²) < 4.78 is 15.5. The molecule has 0 fully saturated rings. The molecular weight excluding hydrogens is 414 g/mol. The molecule has 30 heavy (non-hydrogen) atoms. The number of carbonyl (C=O) groups is 2. The first-order valence-corrected chi connectivity index (χ1v) is 9.33. The van der Waals surface area contributed by atoms with Gasteiger partial charge in [0.05, 0.1) is 31.9 Å². The van der Waals surface area contributed by atoms with Crippen LogP contribution in [0, 0.1) is 10.1 Å². The lowest BCUT2D eigenvalue weighted by Gasteiger charge is -2.16. The zero-order valence-corrected chi connectivity index (χ0v) is 17.9. The number of benzene rings is 2. The number of nitrogens with zero attached hydrogens (tertiary/aromatic N) is 2. The number of anilines is 1. The summed E-state index contributed by atoms with van der Waals surface area (Å²) in [5, 5.41) is 14.1. The van der Waals surface area contributed by atoms with E-state index >= 15 is 0 Å². The summed E-state index contributed by atoms with van der Waals surface area (Å²) >= 11 is 0.916. The lowest BCUT2D eigenvalue weighted by Crippen LogP contribution is -2.18. The summed E-state index contributed by atoms with van der Waals surface area (Å²) in [7, 11) is 7.08. The van der Waals surface area contributed by atoms with E-state index in [0.29, 0.717) is 10.6 Å². The molecule has 0 aliphatic carbocycles. The molecule has 10 nitrogen and oxygen atoms in total. The van der Waals surface area contributed by atoms with E-state index in [0.717, 1.165) is 11.8 Å². The summed E-state index contributed by atoms with van der Waals surface area (Å²) in [6.45, 7) is 0. The molecule has 0 saturated heterocycles. The maximum atomic E-state index is 13.0. The highest BCUT2D eigenvalue weighted by atomic mass is 32.2. The van der Waals surface area contributed by atoms with Crippen LogP contribution in [0.25, 0.3) is 0 Å². The van der Waals surface area contributed by atoms with Crippen molar-refractivity contribution in [2.24, 2.45) is 0 Å². The number of nitrogens with one attached hydrogen (secondary N) is 1. The van der Waals surface area contributed by atoms with Gasteiger partial charge in [-0.3, -0.25) is 19.7 Å². The van der Waals surface area contributed by atoms with Crippen molar-refractivity contribution in [1.29, 1.82) is 0 Å². The van der Waals surface area contributed by atoms with Crippen LogP contribution in [0.4, 0.5) is 16.2 Å². The number of methoxy groups -OCH3 is 3. The minimum absolute atomic E-state index is 0.00390. The Labute approximate surface area is 177 Å². The zero-order valence-electron chi connectivity index (χ0n) is 17.0. The normalized spacial score (nSPS) is 10.2. The molecule has 11 heteroatoms. The van der Waals surface area contributed by atoms with Crippen LogP contribution in [0.5, 0.6) is 17.2 Å². The Bertz CT molecular complexity index is 979. The second-order valence-electron chi connectivity index (χ2n) is 6.01. The fourth-order valence-corrected chi connectivity index (χ4v) is 3.28. The molecule has 2 aromatic rings. The molecule has 2 rings (SSSR count). The van der Waals surface area contributed by atoms with Crippen LogP contribution in [0.2, 0.25) is 0 Å². The predicted molar refractivity (Wildman–Crippen MR) is 112 cm³/mol. The van der Waals surface area contributed by atoms with Crippen LogP contribution < -0.4 is 19.5 Å². The summed E-state index contributed by atoms with van der Waals surface area (Å²) in [5.41, 5.74) is -0.527. The van der Waals surface area contributed by atoms with Crippen molar-refractivity contribution in [3.8, 4) is 17.2 Å². The predicted octanol–water partition coefficient (Wildman–Crippen LogP) is 3.65. The Morgan fingerprint density at radius 3 is 2.23 bits per heavy atom. The average molecular weight is 435 g/mol. The summed E-state index contributed by atoms with van der Waals surface area (Å²) in [6.07, 6.45) is 0. The van der Waals surface area contributed by atoms with Gasteiger partial charge in [-0.1, -0.05) is 12.1 Å². The molecule has 0 unspecified atom stereocenters. The van der Waals surface area contributed by atoms with Crippen LogP contribution in [0.3, 0.4) is 0 Å². The van der Waals surface area contributed by atoms with Crippen molar-refractivity contribution in [1.82, 2.24) is 4.90 Å². The molecule has 160 valence electrons. The van der Waals surface area contributed by atoms with Crippen LogP contribution >= 0.6 is 11.8 Å². The van der Waals surface area contributed by atoms with E-state index in [-0.39, 0.29) is 28.1 Å². The van der Waals surface area contributed by atoms with Gasteiger partial charge < -0.3 is 24.4 Å². The average Bonchev–Trinajstić information content (AvgIpc) is 2.72. The highest BCUT2D eigenvalue weighted by Crippen LogP contribution is 2.46. The smallest absolute Gasteiger partial charge is 0.327 e. The third-order valence-electron chi connectivity index (χ3n) is 3.93. The summed E-state index contributed by atoms with van der Waals surface area (Å²) in [5.74, 6) is -0.921. The van der Waals surface area contributed by atoms with Gasteiger partial charge in [0, 0.05) is 25.1 Å². The van der Waals surface area contributed by atoms with E-state index in [1.807, 2.05) is 0 Å². The standard InChI is InChI=1S/C19H21N3O7S/c1-21(2)19(24)30-14-9-7-6-8-12(14)20-18(23)11-10-13(27-3)16(28-4)17(29-5)15(11)22(25)26/h6-10H,1-5H3,(H,20,23). The van der Waals surface area contributed by atoms with Crippen molar-refractivity contribution >= 4 is 34.3 Å². The van der Waals surface area contributed by atoms with Gasteiger partial charge in [-0.2, -0.15) is 0 Å². The maximum Gasteiger partial charge on any atom is 0.327 e. The molecule has 0 bridgehead atoms. The quantitative estimate of drug-likeness (QED) is 0.397. The minimum Gasteiger partial charge on any atom is -0.493 e. The van der Waals surface area contributed by atoms with Gasteiger partial charge in [-0.05, 0) is 23.9 Å². The largest absolute Gasteiger partial charge is 0.493 e. The Hall–Kier alpha value is -3.47. The number of nitro groups is 1. The fourth-order valence-electron chi connectivity index (χ4n) is 2.53. The molecule has 0 saturated carbocycles. The van der Waals surface area contributed by atoms with E-state index in [1.54, 1.807) is 38.4 Å². The number of ether oxygens (including phenoxy) is 3. The molecule has 2 amide bonds. The number of nitro benzene ring substituents is 1. The van der Waals surface area contributed by atoms with E-state index in [2.05, 4.69) is 5.32 Å². The number of hydrogen-bond donors (Lipinski definition) is 1. The highest BCUT2D eigenvalue weighted by molar-refractivity contribution is 8.13. The van der Waals surface area contributed by atoms with Crippen molar-refractivity contribution in [2.45, 2.75) is 4.90 Å². The number of para-hydroxylation sites is 1. The SMILES string of the molecule is COc1cc(C(=O)Nc2ccccc2SC(=O)N(C)C)c([N+](=O)[O-])c(OC)c1OC. The van der Waals surface area contributed by atoms with Crippen molar-refractivity contribution < 1.29 is 28.7 Å². The summed E-state index contributed by atoms with van der Waals surface area (Å²) in [4.78, 5) is 37.9. The van der Waals surface area contributed by atoms with Gasteiger partial charge >= 0.3 is 5.69 Å². The van der Waals surface area contributed by atoms with E-state index in [1.165, 1.54) is 32.3 Å². The van der Waals surface area contributed by atoms with Gasteiger partial charge in [0.15, 0.2) is 5.75 Å². The number of carbonyl (C=O) groups excluding carboxylic acids is 2. The Balaban J connectivity index is 2.53. The Morgan fingerprint density at radius 1 is 1.07 bits per heavy atom. The van der Waals surface area contributed by atoms with Gasteiger partial charge in [-0.15, -0.1) is 0 Å². The summed E-state index contributed by atoms with van der Waals surface area (Å²) in [6, 6.07) is 7.83. The molecule has 0 spiro atoms. The van der Waals surface area contributed by atoms with E-state index < -0.39 is 16.5 Å². The first-order chi connectivity index (χ1) is 14.2. The molecule has 0 aliphatic heterocycles. The molecule has 0 atom stereocenters. The lowest BCUT2D eigenvalue weighted by atomic mass is 10.1. The third-order valence-corrected chi connectivity index (χ3v) is 5.04. The molecule has 0 aliphatic rings.